The quantitative estimate of drug-likeness (QED) is 0.545. The van der Waals surface area contributed by atoms with E-state index in [0.717, 1.165) is 21.8 Å². The predicted molar refractivity (Wildman–Crippen MR) is 107 cm³/mol. The van der Waals surface area contributed by atoms with Gasteiger partial charge in [0, 0.05) is 23.1 Å². The third kappa shape index (κ3) is 3.37. The minimum atomic E-state index is -0.0704. The maximum Gasteiger partial charge on any atom is 0.251 e. The minimum Gasteiger partial charge on any atom is -0.348 e. The largest absolute Gasteiger partial charge is 0.348 e. The summed E-state index contributed by atoms with van der Waals surface area (Å²) in [5.74, 6) is -0.0704. The van der Waals surface area contributed by atoms with Gasteiger partial charge in [0.15, 0.2) is 0 Å². The number of hydrogen-bond donors (Lipinski definition) is 1. The topological polar surface area (TPSA) is 42.0 Å². The average Bonchev–Trinajstić information content (AvgIpc) is 3.12. The molecule has 0 bridgehead atoms. The van der Waals surface area contributed by atoms with Gasteiger partial charge in [0.1, 0.15) is 0 Å². The second-order valence-corrected chi connectivity index (χ2v) is 7.21. The lowest BCUT2D eigenvalue weighted by Gasteiger charge is -2.09. The lowest BCUT2D eigenvalue weighted by atomic mass is 10.0. The number of nitrogens with one attached hydrogen (secondary N) is 1. The Bertz CT molecular complexity index is 1060. The Morgan fingerprint density at radius 1 is 1.00 bits per heavy atom. The summed E-state index contributed by atoms with van der Waals surface area (Å²) in [4.78, 5) is 17.0. The molecule has 1 N–H and O–H groups in total. The molecule has 0 spiro atoms. The van der Waals surface area contributed by atoms with Crippen LogP contribution in [0.25, 0.3) is 22.0 Å². The summed E-state index contributed by atoms with van der Waals surface area (Å²) in [6, 6.07) is 22.0. The van der Waals surface area contributed by atoms with Gasteiger partial charge in [-0.15, -0.1) is 11.3 Å². The van der Waals surface area contributed by atoms with E-state index in [2.05, 4.69) is 34.6 Å². The van der Waals surface area contributed by atoms with E-state index in [9.17, 15) is 4.79 Å². The van der Waals surface area contributed by atoms with Gasteiger partial charge < -0.3 is 5.32 Å². The van der Waals surface area contributed by atoms with E-state index in [-0.39, 0.29) is 5.91 Å². The molecule has 1 aromatic heterocycles. The summed E-state index contributed by atoms with van der Waals surface area (Å²) in [7, 11) is 0. The molecule has 128 valence electrons. The molecule has 26 heavy (non-hydrogen) atoms. The first-order valence-electron chi connectivity index (χ1n) is 8.48. The lowest BCUT2D eigenvalue weighted by Crippen LogP contribution is -2.22. The van der Waals surface area contributed by atoms with Crippen molar-refractivity contribution in [1.29, 1.82) is 0 Å². The van der Waals surface area contributed by atoms with Gasteiger partial charge in [0.05, 0.1) is 10.7 Å². The van der Waals surface area contributed by atoms with Crippen molar-refractivity contribution in [2.75, 3.05) is 0 Å². The fourth-order valence-corrected chi connectivity index (χ4v) is 3.63. The predicted octanol–water partition coefficient (Wildman–Crippen LogP) is 5.20. The van der Waals surface area contributed by atoms with Crippen molar-refractivity contribution in [2.45, 2.75) is 13.5 Å². The van der Waals surface area contributed by atoms with Crippen molar-refractivity contribution in [3.63, 3.8) is 0 Å². The maximum atomic E-state index is 12.5. The zero-order valence-electron chi connectivity index (χ0n) is 14.4. The molecule has 0 aliphatic rings. The van der Waals surface area contributed by atoms with Crippen molar-refractivity contribution in [2.24, 2.45) is 0 Å². The van der Waals surface area contributed by atoms with Gasteiger partial charge in [0.25, 0.3) is 5.91 Å². The first-order chi connectivity index (χ1) is 12.7. The van der Waals surface area contributed by atoms with Gasteiger partial charge in [-0.2, -0.15) is 0 Å². The SMILES string of the molecule is Cc1nc(-c2ccc(C(=O)NCc3cccc4ccccc34)cc2)cs1. The molecule has 0 saturated heterocycles. The van der Waals surface area contributed by atoms with E-state index in [1.807, 2.05) is 54.8 Å². The molecule has 1 amide bonds. The fourth-order valence-electron chi connectivity index (χ4n) is 3.01. The number of rotatable bonds is 4. The Hall–Kier alpha value is -2.98. The van der Waals surface area contributed by atoms with Crippen LogP contribution in [0.3, 0.4) is 0 Å². The van der Waals surface area contributed by atoms with E-state index in [0.29, 0.717) is 12.1 Å². The van der Waals surface area contributed by atoms with Gasteiger partial charge >= 0.3 is 0 Å². The standard InChI is InChI=1S/C22H18N2OS/c1-15-24-21(14-26-15)17-9-11-18(12-10-17)22(25)23-13-19-7-4-6-16-5-2-3-8-20(16)19/h2-12,14H,13H2,1H3,(H,23,25). The highest BCUT2D eigenvalue weighted by Gasteiger charge is 2.08. The molecule has 0 aliphatic heterocycles. The van der Waals surface area contributed by atoms with Crippen molar-refractivity contribution in [1.82, 2.24) is 10.3 Å². The van der Waals surface area contributed by atoms with Crippen LogP contribution in [-0.4, -0.2) is 10.9 Å². The number of hydrogen-bond acceptors (Lipinski definition) is 3. The van der Waals surface area contributed by atoms with Crippen molar-refractivity contribution >= 4 is 28.0 Å². The molecule has 0 saturated carbocycles. The summed E-state index contributed by atoms with van der Waals surface area (Å²) in [5.41, 5.74) is 3.75. The Morgan fingerprint density at radius 3 is 2.54 bits per heavy atom. The van der Waals surface area contributed by atoms with Crippen LogP contribution in [-0.2, 0) is 6.54 Å². The molecular formula is C22H18N2OS. The van der Waals surface area contributed by atoms with Gasteiger partial charge in [-0.25, -0.2) is 4.98 Å². The van der Waals surface area contributed by atoms with Crippen molar-refractivity contribution in [3.05, 3.63) is 88.2 Å². The molecular weight excluding hydrogens is 340 g/mol. The van der Waals surface area contributed by atoms with Crippen LogP contribution in [0.4, 0.5) is 0 Å². The smallest absolute Gasteiger partial charge is 0.251 e. The molecule has 1 heterocycles. The number of nitrogens with zero attached hydrogens (tertiary/aromatic N) is 1. The molecule has 4 aromatic rings. The Morgan fingerprint density at radius 2 is 1.77 bits per heavy atom. The van der Waals surface area contributed by atoms with Gasteiger partial charge in [-0.3, -0.25) is 4.79 Å². The fraction of sp³-hybridized carbons (Fsp3) is 0.0909. The van der Waals surface area contributed by atoms with Crippen LogP contribution in [0.15, 0.2) is 72.1 Å². The molecule has 0 fully saturated rings. The monoisotopic (exact) mass is 358 g/mol. The second-order valence-electron chi connectivity index (χ2n) is 6.15. The maximum absolute atomic E-state index is 12.5. The third-order valence-electron chi connectivity index (χ3n) is 4.38. The highest BCUT2D eigenvalue weighted by molar-refractivity contribution is 7.09. The molecule has 0 unspecified atom stereocenters. The van der Waals surface area contributed by atoms with E-state index in [1.54, 1.807) is 11.3 Å². The van der Waals surface area contributed by atoms with Crippen LogP contribution >= 0.6 is 11.3 Å². The minimum absolute atomic E-state index is 0.0704. The zero-order chi connectivity index (χ0) is 17.9. The molecule has 3 aromatic carbocycles. The second kappa shape index (κ2) is 7.10. The first-order valence-corrected chi connectivity index (χ1v) is 9.36. The summed E-state index contributed by atoms with van der Waals surface area (Å²) in [5, 5.41) is 8.44. The highest BCUT2D eigenvalue weighted by atomic mass is 32.1. The zero-order valence-corrected chi connectivity index (χ0v) is 15.2. The molecule has 4 heteroatoms. The van der Waals surface area contributed by atoms with E-state index in [1.165, 1.54) is 10.8 Å². The average molecular weight is 358 g/mol. The summed E-state index contributed by atoms with van der Waals surface area (Å²) in [6.45, 7) is 2.50. The first kappa shape index (κ1) is 16.5. The van der Waals surface area contributed by atoms with Crippen LogP contribution in [0.1, 0.15) is 20.9 Å². The van der Waals surface area contributed by atoms with Crippen molar-refractivity contribution < 1.29 is 4.79 Å². The number of amides is 1. The Balaban J connectivity index is 1.48. The number of carbonyl (C=O) groups excluding carboxylic acids is 1. The summed E-state index contributed by atoms with van der Waals surface area (Å²) >= 11 is 1.63. The summed E-state index contributed by atoms with van der Waals surface area (Å²) < 4.78 is 0. The van der Waals surface area contributed by atoms with Gasteiger partial charge in [-0.1, -0.05) is 54.6 Å². The Labute approximate surface area is 156 Å². The normalized spacial score (nSPS) is 10.8. The van der Waals surface area contributed by atoms with Gasteiger partial charge in [-0.05, 0) is 35.4 Å². The molecule has 0 radical (unpaired) electrons. The molecule has 3 nitrogen and oxygen atoms in total. The van der Waals surface area contributed by atoms with Crippen molar-refractivity contribution in [3.8, 4) is 11.3 Å². The van der Waals surface area contributed by atoms with Crippen LogP contribution in [0, 0.1) is 6.92 Å². The number of fused-ring (bicyclic) bond motifs is 1. The number of carbonyl (C=O) groups is 1. The molecule has 4 rings (SSSR count). The molecule has 0 atom stereocenters. The number of benzene rings is 3. The van der Waals surface area contributed by atoms with Gasteiger partial charge in [0.2, 0.25) is 0 Å². The Kier molecular flexibility index (Phi) is 4.50. The highest BCUT2D eigenvalue weighted by Crippen LogP contribution is 2.22. The van der Waals surface area contributed by atoms with Crippen LogP contribution < -0.4 is 5.32 Å². The van der Waals surface area contributed by atoms with Crippen LogP contribution in [0.2, 0.25) is 0 Å². The van der Waals surface area contributed by atoms with E-state index in [4.69, 9.17) is 0 Å². The van der Waals surface area contributed by atoms with Crippen LogP contribution in [0.5, 0.6) is 0 Å². The third-order valence-corrected chi connectivity index (χ3v) is 5.15. The van der Waals surface area contributed by atoms with E-state index >= 15 is 0 Å². The number of aryl methyl sites for hydroxylation is 1. The lowest BCUT2D eigenvalue weighted by molar-refractivity contribution is 0.0951. The number of thiazole rings is 1. The summed E-state index contributed by atoms with van der Waals surface area (Å²) in [6.07, 6.45) is 0. The van der Waals surface area contributed by atoms with E-state index < -0.39 is 0 Å². The number of aromatic nitrogens is 1. The molecule has 0 aliphatic carbocycles.